The molecular weight excluding hydrogens is 184 g/mol. The van der Waals surface area contributed by atoms with E-state index >= 15 is 0 Å². The Hall–Kier alpha value is -0.0800. The Kier molecular flexibility index (Phi) is 3.68. The second-order valence-corrected chi connectivity index (χ2v) is 5.78. The first-order valence-electron chi connectivity index (χ1n) is 6.66. The van der Waals surface area contributed by atoms with Crippen molar-refractivity contribution in [2.75, 3.05) is 13.1 Å². The molecule has 2 N–H and O–H groups in total. The standard InChI is InChI=1S/C13H26N2/c1-10(8-12-5-6-12)15-7-3-4-13(9-15)11(2)14/h10-13H,3-9,14H2,1-2H3. The molecule has 1 saturated carbocycles. The van der Waals surface area contributed by atoms with Crippen LogP contribution in [-0.4, -0.2) is 30.1 Å². The normalized spacial score (nSPS) is 32.6. The van der Waals surface area contributed by atoms with Gasteiger partial charge in [-0.15, -0.1) is 0 Å². The largest absolute Gasteiger partial charge is 0.328 e. The van der Waals surface area contributed by atoms with E-state index in [-0.39, 0.29) is 0 Å². The Morgan fingerprint density at radius 1 is 1.27 bits per heavy atom. The lowest BCUT2D eigenvalue weighted by Gasteiger charge is -2.38. The van der Waals surface area contributed by atoms with Gasteiger partial charge in [-0.25, -0.2) is 0 Å². The monoisotopic (exact) mass is 210 g/mol. The Morgan fingerprint density at radius 3 is 2.60 bits per heavy atom. The molecule has 88 valence electrons. The number of piperidine rings is 1. The summed E-state index contributed by atoms with van der Waals surface area (Å²) >= 11 is 0. The third kappa shape index (κ3) is 3.18. The van der Waals surface area contributed by atoms with Gasteiger partial charge >= 0.3 is 0 Å². The maximum Gasteiger partial charge on any atom is 0.00696 e. The second kappa shape index (κ2) is 4.84. The first-order valence-corrected chi connectivity index (χ1v) is 6.66. The molecule has 0 aromatic rings. The van der Waals surface area contributed by atoms with Crippen LogP contribution in [0.2, 0.25) is 0 Å². The van der Waals surface area contributed by atoms with Crippen LogP contribution in [0.3, 0.4) is 0 Å². The van der Waals surface area contributed by atoms with Crippen molar-refractivity contribution in [3.05, 3.63) is 0 Å². The second-order valence-electron chi connectivity index (χ2n) is 5.78. The predicted octanol–water partition coefficient (Wildman–Crippen LogP) is 2.23. The molecule has 2 nitrogen and oxygen atoms in total. The van der Waals surface area contributed by atoms with Crippen molar-refractivity contribution in [3.8, 4) is 0 Å². The molecule has 0 bridgehead atoms. The Morgan fingerprint density at radius 2 is 2.00 bits per heavy atom. The van der Waals surface area contributed by atoms with Crippen molar-refractivity contribution in [3.63, 3.8) is 0 Å². The molecule has 3 atom stereocenters. The molecule has 0 aromatic heterocycles. The van der Waals surface area contributed by atoms with Gasteiger partial charge in [-0.1, -0.05) is 12.8 Å². The van der Waals surface area contributed by atoms with E-state index in [1.807, 2.05) is 0 Å². The molecule has 1 aliphatic carbocycles. The van der Waals surface area contributed by atoms with Crippen LogP contribution >= 0.6 is 0 Å². The van der Waals surface area contributed by atoms with Gasteiger partial charge in [0, 0.05) is 18.6 Å². The average Bonchev–Trinajstić information content (AvgIpc) is 3.02. The Balaban J connectivity index is 1.79. The van der Waals surface area contributed by atoms with Crippen molar-refractivity contribution < 1.29 is 0 Å². The molecule has 2 rings (SSSR count). The van der Waals surface area contributed by atoms with Crippen LogP contribution in [0.5, 0.6) is 0 Å². The average molecular weight is 210 g/mol. The van der Waals surface area contributed by atoms with Gasteiger partial charge in [0.25, 0.3) is 0 Å². The van der Waals surface area contributed by atoms with Crippen LogP contribution in [-0.2, 0) is 0 Å². The lowest BCUT2D eigenvalue weighted by Crippen LogP contribution is -2.46. The van der Waals surface area contributed by atoms with Crippen LogP contribution in [0.1, 0.15) is 46.0 Å². The number of hydrogen-bond acceptors (Lipinski definition) is 2. The number of nitrogens with two attached hydrogens (primary N) is 1. The SMILES string of the molecule is CC(N)C1CCCN(C(C)CC2CC2)C1. The summed E-state index contributed by atoms with van der Waals surface area (Å²) < 4.78 is 0. The molecule has 1 saturated heterocycles. The zero-order valence-corrected chi connectivity index (χ0v) is 10.3. The summed E-state index contributed by atoms with van der Waals surface area (Å²) in [6.07, 6.45) is 7.07. The highest BCUT2D eigenvalue weighted by molar-refractivity contribution is 4.84. The number of hydrogen-bond donors (Lipinski definition) is 1. The van der Waals surface area contributed by atoms with Crippen LogP contribution < -0.4 is 5.73 Å². The van der Waals surface area contributed by atoms with Gasteiger partial charge in [0.1, 0.15) is 0 Å². The summed E-state index contributed by atoms with van der Waals surface area (Å²) in [5.74, 6) is 1.79. The van der Waals surface area contributed by atoms with E-state index in [0.29, 0.717) is 6.04 Å². The topological polar surface area (TPSA) is 29.3 Å². The van der Waals surface area contributed by atoms with E-state index in [9.17, 15) is 0 Å². The smallest absolute Gasteiger partial charge is 0.00696 e. The quantitative estimate of drug-likeness (QED) is 0.771. The first kappa shape index (κ1) is 11.4. The Labute approximate surface area is 94.2 Å². The summed E-state index contributed by atoms with van der Waals surface area (Å²) in [6.45, 7) is 7.12. The van der Waals surface area contributed by atoms with Gasteiger partial charge in [0.2, 0.25) is 0 Å². The van der Waals surface area contributed by atoms with Gasteiger partial charge in [-0.3, -0.25) is 0 Å². The van der Waals surface area contributed by atoms with E-state index in [2.05, 4.69) is 18.7 Å². The molecule has 1 aliphatic heterocycles. The van der Waals surface area contributed by atoms with Crippen LogP contribution in [0.4, 0.5) is 0 Å². The third-order valence-corrected chi connectivity index (χ3v) is 4.23. The summed E-state index contributed by atoms with van der Waals surface area (Å²) in [4.78, 5) is 2.68. The summed E-state index contributed by atoms with van der Waals surface area (Å²) in [5.41, 5.74) is 6.02. The minimum absolute atomic E-state index is 0.376. The first-order chi connectivity index (χ1) is 7.16. The van der Waals surface area contributed by atoms with Gasteiger partial charge < -0.3 is 10.6 Å². The van der Waals surface area contributed by atoms with Crippen molar-refractivity contribution in [1.29, 1.82) is 0 Å². The highest BCUT2D eigenvalue weighted by atomic mass is 15.2. The molecule has 0 spiro atoms. The van der Waals surface area contributed by atoms with Crippen molar-refractivity contribution in [1.82, 2.24) is 4.90 Å². The summed E-state index contributed by atoms with van der Waals surface area (Å²) in [6, 6.07) is 1.17. The summed E-state index contributed by atoms with van der Waals surface area (Å²) in [5, 5.41) is 0. The molecule has 2 aliphatic rings. The molecule has 0 amide bonds. The van der Waals surface area contributed by atoms with Crippen LogP contribution in [0.25, 0.3) is 0 Å². The number of rotatable bonds is 4. The van der Waals surface area contributed by atoms with Crippen molar-refractivity contribution in [2.45, 2.75) is 58.0 Å². The third-order valence-electron chi connectivity index (χ3n) is 4.23. The predicted molar refractivity (Wildman–Crippen MR) is 64.7 cm³/mol. The fraction of sp³-hybridized carbons (Fsp3) is 1.00. The zero-order valence-electron chi connectivity index (χ0n) is 10.3. The van der Waals surface area contributed by atoms with Crippen molar-refractivity contribution >= 4 is 0 Å². The Bertz CT molecular complexity index is 199. The van der Waals surface area contributed by atoms with Crippen LogP contribution in [0, 0.1) is 11.8 Å². The maximum absolute atomic E-state index is 6.02. The maximum atomic E-state index is 6.02. The molecule has 1 heterocycles. The number of nitrogens with zero attached hydrogens (tertiary/aromatic N) is 1. The lowest BCUT2D eigenvalue weighted by atomic mass is 9.91. The highest BCUT2D eigenvalue weighted by Gasteiger charge is 2.29. The summed E-state index contributed by atoms with van der Waals surface area (Å²) in [7, 11) is 0. The van der Waals surface area contributed by atoms with E-state index in [1.54, 1.807) is 0 Å². The molecule has 2 fully saturated rings. The van der Waals surface area contributed by atoms with E-state index in [4.69, 9.17) is 5.73 Å². The molecule has 0 radical (unpaired) electrons. The van der Waals surface area contributed by atoms with Gasteiger partial charge in [-0.05, 0) is 51.5 Å². The van der Waals surface area contributed by atoms with E-state index in [0.717, 1.165) is 17.9 Å². The lowest BCUT2D eigenvalue weighted by molar-refractivity contribution is 0.114. The van der Waals surface area contributed by atoms with E-state index < -0.39 is 0 Å². The molecule has 3 unspecified atom stereocenters. The fourth-order valence-electron chi connectivity index (χ4n) is 2.85. The van der Waals surface area contributed by atoms with Gasteiger partial charge in [0.15, 0.2) is 0 Å². The molecular formula is C13H26N2. The van der Waals surface area contributed by atoms with Crippen molar-refractivity contribution in [2.24, 2.45) is 17.6 Å². The zero-order chi connectivity index (χ0) is 10.8. The fourth-order valence-corrected chi connectivity index (χ4v) is 2.85. The minimum atomic E-state index is 0.376. The van der Waals surface area contributed by atoms with Gasteiger partial charge in [0.05, 0.1) is 0 Å². The number of likely N-dealkylation sites (tertiary alicyclic amines) is 1. The molecule has 15 heavy (non-hydrogen) atoms. The minimum Gasteiger partial charge on any atom is -0.328 e. The molecule has 2 heteroatoms. The highest BCUT2D eigenvalue weighted by Crippen LogP contribution is 2.35. The van der Waals surface area contributed by atoms with E-state index in [1.165, 1.54) is 45.2 Å². The van der Waals surface area contributed by atoms with Crippen LogP contribution in [0.15, 0.2) is 0 Å². The molecule has 0 aromatic carbocycles. The van der Waals surface area contributed by atoms with Gasteiger partial charge in [-0.2, -0.15) is 0 Å².